The number of hydrogen-bond acceptors (Lipinski definition) is 6. The first kappa shape index (κ1) is 26.2. The summed E-state index contributed by atoms with van der Waals surface area (Å²) in [6.07, 6.45) is 7.93. The van der Waals surface area contributed by atoms with Gasteiger partial charge in [-0.25, -0.2) is 0 Å². The number of piperidine rings is 2. The number of nitrogens with zero attached hydrogens (tertiary/aromatic N) is 4. The quantitative estimate of drug-likeness (QED) is 0.260. The Balaban J connectivity index is 1.16. The predicted molar refractivity (Wildman–Crippen MR) is 161 cm³/mol. The molecule has 0 unspecified atom stereocenters. The van der Waals surface area contributed by atoms with Crippen molar-refractivity contribution < 1.29 is 14.3 Å². The van der Waals surface area contributed by atoms with Crippen molar-refractivity contribution >= 4 is 44.0 Å². The summed E-state index contributed by atoms with van der Waals surface area (Å²) in [4.78, 5) is 36.3. The van der Waals surface area contributed by atoms with Crippen LogP contribution < -0.4 is 10.3 Å². The summed E-state index contributed by atoms with van der Waals surface area (Å²) in [6, 6.07) is 15.9. The number of rotatable bonds is 8. The SMILES string of the molecule is COCCN(C[C@@H]1CCCN2CCCC[C@H]12)C(=O)COc1ccc2c3ccnc4c5ccccc5c(=O)n(c2c1)c34. The monoisotopic (exact) mass is 552 g/mol. The lowest BCUT2D eigenvalue weighted by molar-refractivity contribution is -0.135. The van der Waals surface area contributed by atoms with Gasteiger partial charge < -0.3 is 19.3 Å². The van der Waals surface area contributed by atoms with E-state index in [4.69, 9.17) is 9.47 Å². The molecule has 2 atom stereocenters. The van der Waals surface area contributed by atoms with E-state index in [1.165, 1.54) is 38.8 Å². The van der Waals surface area contributed by atoms with Gasteiger partial charge in [-0.05, 0) is 69.0 Å². The zero-order chi connectivity index (χ0) is 27.9. The van der Waals surface area contributed by atoms with E-state index in [1.54, 1.807) is 17.7 Å². The molecule has 41 heavy (non-hydrogen) atoms. The largest absolute Gasteiger partial charge is 0.484 e. The Morgan fingerprint density at radius 1 is 1.00 bits per heavy atom. The maximum atomic E-state index is 13.6. The Kier molecular flexibility index (Phi) is 6.96. The molecule has 2 aromatic carbocycles. The molecule has 1 amide bonds. The van der Waals surface area contributed by atoms with Crippen molar-refractivity contribution in [1.29, 1.82) is 0 Å². The van der Waals surface area contributed by atoms with E-state index >= 15 is 0 Å². The van der Waals surface area contributed by atoms with Gasteiger partial charge in [0.05, 0.1) is 23.2 Å². The maximum Gasteiger partial charge on any atom is 0.263 e. The van der Waals surface area contributed by atoms with Crippen LogP contribution in [0.3, 0.4) is 0 Å². The Morgan fingerprint density at radius 3 is 2.73 bits per heavy atom. The molecular weight excluding hydrogens is 516 g/mol. The van der Waals surface area contributed by atoms with Crippen LogP contribution in [0.1, 0.15) is 32.1 Å². The van der Waals surface area contributed by atoms with Crippen LogP contribution in [0.15, 0.2) is 59.5 Å². The van der Waals surface area contributed by atoms with Crippen LogP contribution in [0.5, 0.6) is 5.75 Å². The molecule has 2 fully saturated rings. The molecule has 0 aliphatic carbocycles. The number of carbonyl (C=O) groups excluding carboxylic acids is 1. The standard InChI is InChI=1S/C33H36N4O4/c1-40-18-17-36(20-22-7-6-16-35-15-5-4-10-28(22)35)30(38)21-41-23-11-12-24-26-13-14-34-31-25-8-2-3-9-27(25)33(39)37(32(26)31)29(24)19-23/h2-3,8-9,11-14,19,22,28H,4-7,10,15-18,20-21H2,1H3/t22-,28+/m0/s1. The molecular formula is C33H36N4O4. The number of benzene rings is 2. The molecule has 5 aromatic rings. The number of methoxy groups -OCH3 is 1. The number of pyridine rings is 2. The lowest BCUT2D eigenvalue weighted by atomic mass is 9.83. The summed E-state index contributed by atoms with van der Waals surface area (Å²) < 4.78 is 13.2. The fourth-order valence-corrected chi connectivity index (χ4v) is 7.27. The Labute approximate surface area is 238 Å². The molecule has 5 heterocycles. The molecule has 7 rings (SSSR count). The zero-order valence-corrected chi connectivity index (χ0v) is 23.6. The third kappa shape index (κ3) is 4.59. The van der Waals surface area contributed by atoms with Crippen LogP contribution in [0.4, 0.5) is 0 Å². The third-order valence-electron chi connectivity index (χ3n) is 9.23. The smallest absolute Gasteiger partial charge is 0.263 e. The van der Waals surface area contributed by atoms with Gasteiger partial charge in [-0.3, -0.25) is 19.0 Å². The highest BCUT2D eigenvalue weighted by Gasteiger charge is 2.34. The Hall–Kier alpha value is -3.75. The van der Waals surface area contributed by atoms with Crippen LogP contribution in [-0.2, 0) is 9.53 Å². The van der Waals surface area contributed by atoms with E-state index in [-0.39, 0.29) is 18.1 Å². The van der Waals surface area contributed by atoms with Gasteiger partial charge in [0.25, 0.3) is 11.5 Å². The molecule has 0 bridgehead atoms. The molecule has 3 aromatic heterocycles. The number of ether oxygens (including phenoxy) is 2. The molecule has 0 spiro atoms. The number of hydrogen-bond donors (Lipinski definition) is 0. The first-order valence-electron chi connectivity index (χ1n) is 14.8. The second kappa shape index (κ2) is 10.9. The molecule has 2 saturated heterocycles. The number of aromatic nitrogens is 2. The highest BCUT2D eigenvalue weighted by atomic mass is 16.5. The van der Waals surface area contributed by atoms with Crippen LogP contribution >= 0.6 is 0 Å². The van der Waals surface area contributed by atoms with Gasteiger partial charge in [0.15, 0.2) is 6.61 Å². The second-order valence-corrected chi connectivity index (χ2v) is 11.5. The van der Waals surface area contributed by atoms with Gasteiger partial charge in [-0.15, -0.1) is 0 Å². The first-order valence-corrected chi connectivity index (χ1v) is 14.8. The van der Waals surface area contributed by atoms with Crippen LogP contribution in [0, 0.1) is 5.92 Å². The van der Waals surface area contributed by atoms with Crippen molar-refractivity contribution in [3.05, 3.63) is 65.1 Å². The molecule has 8 heteroatoms. The highest BCUT2D eigenvalue weighted by Crippen LogP contribution is 2.35. The number of fused-ring (bicyclic) bond motifs is 6. The van der Waals surface area contributed by atoms with Gasteiger partial charge in [-0.1, -0.05) is 24.6 Å². The average molecular weight is 553 g/mol. The van der Waals surface area contributed by atoms with Crippen molar-refractivity contribution in [2.45, 2.75) is 38.1 Å². The predicted octanol–water partition coefficient (Wildman–Crippen LogP) is 4.71. The van der Waals surface area contributed by atoms with E-state index in [0.29, 0.717) is 36.2 Å². The van der Waals surface area contributed by atoms with E-state index < -0.39 is 0 Å². The zero-order valence-electron chi connectivity index (χ0n) is 23.6. The minimum absolute atomic E-state index is 0.0340. The van der Waals surface area contributed by atoms with Crippen molar-refractivity contribution in [2.24, 2.45) is 5.92 Å². The minimum Gasteiger partial charge on any atom is -0.484 e. The Morgan fingerprint density at radius 2 is 1.85 bits per heavy atom. The molecule has 212 valence electrons. The van der Waals surface area contributed by atoms with E-state index in [0.717, 1.165) is 45.7 Å². The number of carbonyl (C=O) groups is 1. The van der Waals surface area contributed by atoms with Crippen molar-refractivity contribution in [2.75, 3.05) is 46.5 Å². The first-order chi connectivity index (χ1) is 20.1. The van der Waals surface area contributed by atoms with Gasteiger partial charge in [0.2, 0.25) is 0 Å². The molecule has 8 nitrogen and oxygen atoms in total. The van der Waals surface area contributed by atoms with Crippen LogP contribution in [-0.4, -0.2) is 77.6 Å². The average Bonchev–Trinajstić information content (AvgIpc) is 3.35. The summed E-state index contributed by atoms with van der Waals surface area (Å²) in [6.45, 7) is 4.10. The molecule has 0 N–H and O–H groups in total. The molecule has 0 radical (unpaired) electrons. The minimum atomic E-state index is -0.0793. The summed E-state index contributed by atoms with van der Waals surface area (Å²) in [5, 5.41) is 3.42. The molecule has 0 saturated carbocycles. The van der Waals surface area contributed by atoms with Crippen molar-refractivity contribution in [3.8, 4) is 5.75 Å². The highest BCUT2D eigenvalue weighted by molar-refractivity contribution is 6.18. The van der Waals surface area contributed by atoms with Crippen molar-refractivity contribution in [1.82, 2.24) is 19.2 Å². The van der Waals surface area contributed by atoms with Gasteiger partial charge >= 0.3 is 0 Å². The van der Waals surface area contributed by atoms with Gasteiger partial charge in [-0.2, -0.15) is 0 Å². The number of amides is 1. The van der Waals surface area contributed by atoms with E-state index in [9.17, 15) is 9.59 Å². The summed E-state index contributed by atoms with van der Waals surface area (Å²) in [5.74, 6) is 1.02. The molecule has 2 aliphatic rings. The van der Waals surface area contributed by atoms with Crippen molar-refractivity contribution in [3.63, 3.8) is 0 Å². The second-order valence-electron chi connectivity index (χ2n) is 11.5. The fourth-order valence-electron chi connectivity index (χ4n) is 7.27. The third-order valence-corrected chi connectivity index (χ3v) is 9.23. The normalized spacial score (nSPS) is 19.7. The topological polar surface area (TPSA) is 76.4 Å². The summed E-state index contributed by atoms with van der Waals surface area (Å²) >= 11 is 0. The lowest BCUT2D eigenvalue weighted by Crippen LogP contribution is -2.52. The summed E-state index contributed by atoms with van der Waals surface area (Å²) in [5.41, 5.74) is 2.30. The fraction of sp³-hybridized carbons (Fsp3) is 0.424. The van der Waals surface area contributed by atoms with E-state index in [2.05, 4.69) is 9.88 Å². The van der Waals surface area contributed by atoms with E-state index in [1.807, 2.05) is 53.4 Å². The van der Waals surface area contributed by atoms with Gasteiger partial charge in [0.1, 0.15) is 5.75 Å². The summed E-state index contributed by atoms with van der Waals surface area (Å²) in [7, 11) is 1.67. The van der Waals surface area contributed by atoms with Crippen LogP contribution in [0.25, 0.3) is 38.1 Å². The van der Waals surface area contributed by atoms with Gasteiger partial charge in [0, 0.05) is 60.0 Å². The lowest BCUT2D eigenvalue weighted by Gasteiger charge is -2.45. The maximum absolute atomic E-state index is 13.6. The molecule has 2 aliphatic heterocycles. The van der Waals surface area contributed by atoms with Crippen LogP contribution in [0.2, 0.25) is 0 Å². The Bertz CT molecular complexity index is 1780.